The summed E-state index contributed by atoms with van der Waals surface area (Å²) in [5.74, 6) is -0.175. The largest absolute Gasteiger partial charge is 0.394 e. The number of carbonyl (C=O) groups excluding carboxylic acids is 1. The molecule has 9 nitrogen and oxygen atoms in total. The molecule has 62 heavy (non-hydrogen) atoms. The van der Waals surface area contributed by atoms with E-state index < -0.39 is 49.5 Å². The Labute approximate surface area is 381 Å². The standard InChI is InChI=1S/C53H101NO8/c1-3-5-7-9-11-13-15-17-19-21-22-23-24-25-26-27-29-31-33-35-37-39-41-43-49(57)54-46(45-61-53-52(60)51(59)50(58)48(44-55)62-53)47(56)42-40-38-36-34-32-30-28-20-18-16-14-12-10-8-6-4-2/h21-22,40,42,46-48,50-53,55-56,58-60H,3-20,23-39,41,43-45H2,1-2H3,(H,54,57)/b22-21-,42-40+. The van der Waals surface area contributed by atoms with E-state index >= 15 is 0 Å². The lowest BCUT2D eigenvalue weighted by Gasteiger charge is -2.40. The van der Waals surface area contributed by atoms with E-state index in [1.54, 1.807) is 6.08 Å². The number of nitrogens with one attached hydrogen (secondary N) is 1. The van der Waals surface area contributed by atoms with E-state index in [2.05, 4.69) is 31.3 Å². The third-order valence-electron chi connectivity index (χ3n) is 12.8. The van der Waals surface area contributed by atoms with Gasteiger partial charge in [0.05, 0.1) is 25.4 Å². The molecular weight excluding hydrogens is 779 g/mol. The fourth-order valence-corrected chi connectivity index (χ4v) is 8.51. The maximum atomic E-state index is 13.0. The van der Waals surface area contributed by atoms with Gasteiger partial charge in [-0.15, -0.1) is 0 Å². The van der Waals surface area contributed by atoms with Gasteiger partial charge in [-0.25, -0.2) is 0 Å². The van der Waals surface area contributed by atoms with Crippen molar-refractivity contribution in [3.63, 3.8) is 0 Å². The minimum atomic E-state index is -1.56. The van der Waals surface area contributed by atoms with Crippen LogP contribution in [-0.2, 0) is 14.3 Å². The second-order valence-electron chi connectivity index (χ2n) is 18.7. The lowest BCUT2D eigenvalue weighted by Crippen LogP contribution is -2.60. The van der Waals surface area contributed by atoms with Crippen molar-refractivity contribution in [3.05, 3.63) is 24.3 Å². The van der Waals surface area contributed by atoms with Crippen LogP contribution in [0.1, 0.15) is 251 Å². The van der Waals surface area contributed by atoms with Crippen LogP contribution in [0.2, 0.25) is 0 Å². The number of allylic oxidation sites excluding steroid dienone is 3. The highest BCUT2D eigenvalue weighted by molar-refractivity contribution is 5.76. The van der Waals surface area contributed by atoms with Crippen LogP contribution in [0.5, 0.6) is 0 Å². The second kappa shape index (κ2) is 43.6. The molecule has 7 unspecified atom stereocenters. The first-order chi connectivity index (χ1) is 30.3. The van der Waals surface area contributed by atoms with E-state index in [1.807, 2.05) is 6.08 Å². The predicted octanol–water partition coefficient (Wildman–Crippen LogP) is 12.2. The highest BCUT2D eigenvalue weighted by Crippen LogP contribution is 2.23. The van der Waals surface area contributed by atoms with E-state index in [-0.39, 0.29) is 12.5 Å². The first-order valence-corrected chi connectivity index (χ1v) is 26.6. The number of rotatable bonds is 45. The molecule has 1 amide bonds. The number of hydrogen-bond donors (Lipinski definition) is 6. The van der Waals surface area contributed by atoms with Crippen molar-refractivity contribution in [2.45, 2.75) is 294 Å². The summed E-state index contributed by atoms with van der Waals surface area (Å²) in [5.41, 5.74) is 0. The van der Waals surface area contributed by atoms with E-state index in [0.29, 0.717) is 6.42 Å². The Morgan fingerprint density at radius 3 is 1.31 bits per heavy atom. The number of unbranched alkanes of at least 4 members (excludes halogenated alkanes) is 33. The summed E-state index contributed by atoms with van der Waals surface area (Å²) in [7, 11) is 0. The number of carbonyl (C=O) groups is 1. The van der Waals surface area contributed by atoms with Crippen LogP contribution in [0.15, 0.2) is 24.3 Å². The first-order valence-electron chi connectivity index (χ1n) is 26.6. The smallest absolute Gasteiger partial charge is 0.220 e. The fraction of sp³-hybridized carbons (Fsp3) is 0.906. The summed E-state index contributed by atoms with van der Waals surface area (Å²) in [4.78, 5) is 13.0. The van der Waals surface area contributed by atoms with Gasteiger partial charge in [0.2, 0.25) is 5.91 Å². The fourth-order valence-electron chi connectivity index (χ4n) is 8.51. The van der Waals surface area contributed by atoms with Gasteiger partial charge in [-0.1, -0.05) is 224 Å². The van der Waals surface area contributed by atoms with Crippen LogP contribution in [-0.4, -0.2) is 87.5 Å². The highest BCUT2D eigenvalue weighted by atomic mass is 16.7. The molecule has 9 heteroatoms. The average molecular weight is 880 g/mol. The molecule has 0 aromatic carbocycles. The summed E-state index contributed by atoms with van der Waals surface area (Å²) < 4.78 is 11.2. The zero-order valence-electron chi connectivity index (χ0n) is 40.4. The zero-order valence-corrected chi connectivity index (χ0v) is 40.4. The molecule has 0 aliphatic carbocycles. The number of aliphatic hydroxyl groups excluding tert-OH is 5. The normalized spacial score (nSPS) is 20.4. The lowest BCUT2D eigenvalue weighted by atomic mass is 9.99. The van der Waals surface area contributed by atoms with Gasteiger partial charge in [0.25, 0.3) is 0 Å². The Hall–Kier alpha value is -1.33. The van der Waals surface area contributed by atoms with Crippen LogP contribution in [0.3, 0.4) is 0 Å². The van der Waals surface area contributed by atoms with Crippen molar-refractivity contribution in [2.75, 3.05) is 13.2 Å². The van der Waals surface area contributed by atoms with Crippen molar-refractivity contribution in [1.82, 2.24) is 5.32 Å². The highest BCUT2D eigenvalue weighted by Gasteiger charge is 2.44. The molecule has 6 N–H and O–H groups in total. The molecule has 1 aliphatic heterocycles. The molecule has 0 aromatic heterocycles. The minimum absolute atomic E-state index is 0.175. The van der Waals surface area contributed by atoms with Gasteiger partial charge in [-0.2, -0.15) is 0 Å². The molecule has 1 rings (SSSR count). The van der Waals surface area contributed by atoms with Gasteiger partial charge in [-0.05, 0) is 44.9 Å². The number of ether oxygens (including phenoxy) is 2. The van der Waals surface area contributed by atoms with Crippen LogP contribution in [0.25, 0.3) is 0 Å². The molecule has 0 aromatic rings. The van der Waals surface area contributed by atoms with Gasteiger partial charge >= 0.3 is 0 Å². The lowest BCUT2D eigenvalue weighted by molar-refractivity contribution is -0.302. The van der Waals surface area contributed by atoms with Gasteiger partial charge in [0, 0.05) is 6.42 Å². The van der Waals surface area contributed by atoms with Crippen LogP contribution in [0.4, 0.5) is 0 Å². The third-order valence-corrected chi connectivity index (χ3v) is 12.8. The molecule has 1 aliphatic rings. The van der Waals surface area contributed by atoms with Gasteiger partial charge in [-0.3, -0.25) is 4.79 Å². The molecule has 366 valence electrons. The summed E-state index contributed by atoms with van der Waals surface area (Å²) in [6.07, 6.45) is 46.6. The molecule has 0 spiro atoms. The monoisotopic (exact) mass is 880 g/mol. The van der Waals surface area contributed by atoms with Crippen molar-refractivity contribution in [2.24, 2.45) is 0 Å². The van der Waals surface area contributed by atoms with E-state index in [1.165, 1.54) is 193 Å². The molecule has 1 saturated heterocycles. The van der Waals surface area contributed by atoms with E-state index in [9.17, 15) is 30.3 Å². The van der Waals surface area contributed by atoms with Gasteiger partial charge in [0.15, 0.2) is 6.29 Å². The summed E-state index contributed by atoms with van der Waals surface area (Å²) >= 11 is 0. The van der Waals surface area contributed by atoms with E-state index in [0.717, 1.165) is 38.5 Å². The zero-order chi connectivity index (χ0) is 45.1. The maximum absolute atomic E-state index is 13.0. The molecule has 1 heterocycles. The Bertz CT molecular complexity index is 1020. The number of amides is 1. The number of hydrogen-bond acceptors (Lipinski definition) is 8. The molecule has 0 radical (unpaired) electrons. The quantitative estimate of drug-likeness (QED) is 0.0262. The molecule has 0 saturated carbocycles. The third kappa shape index (κ3) is 33.2. The molecule has 0 bridgehead atoms. The summed E-state index contributed by atoms with van der Waals surface area (Å²) in [5, 5.41) is 54.4. The Morgan fingerprint density at radius 1 is 0.532 bits per heavy atom. The van der Waals surface area contributed by atoms with Gasteiger partial charge in [0.1, 0.15) is 24.4 Å². The van der Waals surface area contributed by atoms with E-state index in [4.69, 9.17) is 9.47 Å². The number of aliphatic hydroxyl groups is 5. The topological polar surface area (TPSA) is 149 Å². The van der Waals surface area contributed by atoms with Crippen LogP contribution >= 0.6 is 0 Å². The van der Waals surface area contributed by atoms with Crippen molar-refractivity contribution < 1.29 is 39.8 Å². The van der Waals surface area contributed by atoms with Crippen LogP contribution in [0, 0.1) is 0 Å². The Balaban J connectivity index is 2.25. The Morgan fingerprint density at radius 2 is 0.903 bits per heavy atom. The van der Waals surface area contributed by atoms with Crippen molar-refractivity contribution >= 4 is 5.91 Å². The maximum Gasteiger partial charge on any atom is 0.220 e. The van der Waals surface area contributed by atoms with Crippen molar-refractivity contribution in [1.29, 1.82) is 0 Å². The summed E-state index contributed by atoms with van der Waals surface area (Å²) in [6.45, 7) is 3.80. The molecule has 1 fully saturated rings. The second-order valence-corrected chi connectivity index (χ2v) is 18.7. The van der Waals surface area contributed by atoms with Gasteiger partial charge < -0.3 is 40.3 Å². The predicted molar refractivity (Wildman–Crippen MR) is 258 cm³/mol. The average Bonchev–Trinajstić information content (AvgIpc) is 3.27. The van der Waals surface area contributed by atoms with Crippen LogP contribution < -0.4 is 5.32 Å². The molecule has 7 atom stereocenters. The minimum Gasteiger partial charge on any atom is -0.394 e. The SMILES string of the molecule is CCCCCCCCCC/C=C\CCCCCCCCCCCCCC(=O)NC(COC1OC(CO)C(O)C(O)C1O)C(O)/C=C/CCCCCCCCCCCCCCCC. The summed E-state index contributed by atoms with van der Waals surface area (Å²) in [6, 6.07) is -0.802. The first kappa shape index (κ1) is 58.7. The Kier molecular flexibility index (Phi) is 41.2. The molecular formula is C53H101NO8. The van der Waals surface area contributed by atoms with Crippen molar-refractivity contribution in [3.8, 4) is 0 Å².